The summed E-state index contributed by atoms with van der Waals surface area (Å²) in [5, 5.41) is 5.58. The molecule has 174 valence electrons. The van der Waals surface area contributed by atoms with E-state index in [1.165, 1.54) is 0 Å². The highest BCUT2D eigenvalue weighted by Gasteiger charge is 2.33. The van der Waals surface area contributed by atoms with Crippen LogP contribution in [0.2, 0.25) is 0 Å². The smallest absolute Gasteiger partial charge is 0.338 e. The highest BCUT2D eigenvalue weighted by molar-refractivity contribution is 6.05. The van der Waals surface area contributed by atoms with E-state index in [2.05, 4.69) is 17.6 Å². The van der Waals surface area contributed by atoms with Crippen LogP contribution in [0.5, 0.6) is 0 Å². The molecule has 3 rings (SSSR count). The third-order valence-corrected chi connectivity index (χ3v) is 5.41. The Morgan fingerprint density at radius 3 is 2.45 bits per heavy atom. The van der Waals surface area contributed by atoms with Gasteiger partial charge in [-0.25, -0.2) is 4.79 Å². The zero-order valence-corrected chi connectivity index (χ0v) is 18.9. The van der Waals surface area contributed by atoms with Crippen LogP contribution in [0, 0.1) is 5.92 Å². The summed E-state index contributed by atoms with van der Waals surface area (Å²) in [6.07, 6.45) is 2.15. The Labute approximate surface area is 193 Å². The van der Waals surface area contributed by atoms with E-state index < -0.39 is 5.97 Å². The molecule has 8 heteroatoms. The van der Waals surface area contributed by atoms with Crippen LogP contribution >= 0.6 is 0 Å². The summed E-state index contributed by atoms with van der Waals surface area (Å²) in [4.78, 5) is 50.8. The second-order valence-electron chi connectivity index (χ2n) is 7.92. The summed E-state index contributed by atoms with van der Waals surface area (Å²) in [5.41, 5.74) is 1.78. The molecule has 33 heavy (non-hydrogen) atoms. The standard InChI is InChI=1S/C25H29N3O5/c1-3-5-13-28-16-19(15-22(28)29)24(31)26-20-11-9-17(10-12-20)23(30)27-21-8-6-7-18(14-21)25(32)33-4-2/h6-12,14,19H,3-5,13,15-16H2,1-2H3,(H,26,31)(H,27,30)/t19-/m1/s1. The molecule has 1 heterocycles. The van der Waals surface area contributed by atoms with Gasteiger partial charge in [0, 0.05) is 36.4 Å². The number of hydrogen-bond donors (Lipinski definition) is 2. The number of amides is 3. The lowest BCUT2D eigenvalue weighted by molar-refractivity contribution is -0.128. The maximum atomic E-state index is 12.6. The van der Waals surface area contributed by atoms with E-state index >= 15 is 0 Å². The third-order valence-electron chi connectivity index (χ3n) is 5.41. The van der Waals surface area contributed by atoms with Crippen molar-refractivity contribution in [3.8, 4) is 0 Å². The van der Waals surface area contributed by atoms with Crippen molar-refractivity contribution in [2.75, 3.05) is 30.3 Å². The third kappa shape index (κ3) is 6.41. The van der Waals surface area contributed by atoms with Gasteiger partial charge in [0.15, 0.2) is 0 Å². The fourth-order valence-electron chi connectivity index (χ4n) is 3.60. The van der Waals surface area contributed by atoms with Crippen LogP contribution in [0.1, 0.15) is 53.8 Å². The Morgan fingerprint density at radius 1 is 1.00 bits per heavy atom. The number of carbonyl (C=O) groups is 4. The molecule has 1 fully saturated rings. The maximum Gasteiger partial charge on any atom is 0.338 e. The van der Waals surface area contributed by atoms with Crippen molar-refractivity contribution < 1.29 is 23.9 Å². The quantitative estimate of drug-likeness (QED) is 0.566. The Morgan fingerprint density at radius 2 is 1.76 bits per heavy atom. The lowest BCUT2D eigenvalue weighted by Crippen LogP contribution is -2.29. The minimum absolute atomic E-state index is 0.0163. The molecular formula is C25H29N3O5. The van der Waals surface area contributed by atoms with Gasteiger partial charge in [0.1, 0.15) is 0 Å². The largest absolute Gasteiger partial charge is 0.462 e. The van der Waals surface area contributed by atoms with Gasteiger partial charge in [0.05, 0.1) is 18.1 Å². The van der Waals surface area contributed by atoms with Crippen molar-refractivity contribution in [1.29, 1.82) is 0 Å². The topological polar surface area (TPSA) is 105 Å². The molecule has 0 aromatic heterocycles. The van der Waals surface area contributed by atoms with Gasteiger partial charge in [-0.15, -0.1) is 0 Å². The molecule has 2 aromatic carbocycles. The van der Waals surface area contributed by atoms with E-state index in [0.717, 1.165) is 12.8 Å². The molecule has 1 saturated heterocycles. The van der Waals surface area contributed by atoms with Gasteiger partial charge >= 0.3 is 5.97 Å². The zero-order chi connectivity index (χ0) is 23.8. The molecule has 3 amide bonds. The molecule has 0 radical (unpaired) electrons. The molecule has 1 aliphatic rings. The van der Waals surface area contributed by atoms with Crippen LogP contribution in [0.3, 0.4) is 0 Å². The molecule has 1 atom stereocenters. The fourth-order valence-corrected chi connectivity index (χ4v) is 3.60. The Bertz CT molecular complexity index is 1020. The van der Waals surface area contributed by atoms with Gasteiger partial charge < -0.3 is 20.3 Å². The van der Waals surface area contributed by atoms with Gasteiger partial charge in [-0.3, -0.25) is 14.4 Å². The lowest BCUT2D eigenvalue weighted by Gasteiger charge is -2.16. The summed E-state index contributed by atoms with van der Waals surface area (Å²) in [6, 6.07) is 13.0. The lowest BCUT2D eigenvalue weighted by atomic mass is 10.1. The summed E-state index contributed by atoms with van der Waals surface area (Å²) in [7, 11) is 0. The predicted octanol–water partition coefficient (Wildman–Crippen LogP) is 3.70. The van der Waals surface area contributed by atoms with Crippen molar-refractivity contribution >= 4 is 35.1 Å². The normalized spacial score (nSPS) is 15.3. The van der Waals surface area contributed by atoms with Crippen molar-refractivity contribution in [2.24, 2.45) is 5.92 Å². The molecule has 1 aliphatic heterocycles. The van der Waals surface area contributed by atoms with Crippen molar-refractivity contribution in [1.82, 2.24) is 4.90 Å². The van der Waals surface area contributed by atoms with Crippen LogP contribution in [-0.2, 0) is 14.3 Å². The molecular weight excluding hydrogens is 422 g/mol. The zero-order valence-electron chi connectivity index (χ0n) is 18.9. The first-order valence-corrected chi connectivity index (χ1v) is 11.2. The molecule has 2 N–H and O–H groups in total. The number of unbranched alkanes of at least 4 members (excludes halogenated alkanes) is 1. The number of nitrogens with zero attached hydrogens (tertiary/aromatic N) is 1. The van der Waals surface area contributed by atoms with Gasteiger partial charge in [-0.05, 0) is 55.8 Å². The summed E-state index contributed by atoms with van der Waals surface area (Å²) in [5.74, 6) is -1.35. The molecule has 2 aromatic rings. The predicted molar refractivity (Wildman–Crippen MR) is 125 cm³/mol. The molecule has 0 bridgehead atoms. The number of esters is 1. The summed E-state index contributed by atoms with van der Waals surface area (Å²) in [6.45, 7) is 5.19. The molecule has 0 saturated carbocycles. The Balaban J connectivity index is 1.56. The van der Waals surface area contributed by atoms with E-state index in [-0.39, 0.29) is 36.7 Å². The summed E-state index contributed by atoms with van der Waals surface area (Å²) >= 11 is 0. The van der Waals surface area contributed by atoms with E-state index in [0.29, 0.717) is 35.6 Å². The molecule has 8 nitrogen and oxygen atoms in total. The first-order chi connectivity index (χ1) is 15.9. The first-order valence-electron chi connectivity index (χ1n) is 11.2. The number of benzene rings is 2. The van der Waals surface area contributed by atoms with Crippen molar-refractivity contribution in [3.05, 3.63) is 59.7 Å². The number of hydrogen-bond acceptors (Lipinski definition) is 5. The maximum absolute atomic E-state index is 12.6. The van der Waals surface area contributed by atoms with Crippen LogP contribution in [0.4, 0.5) is 11.4 Å². The fraction of sp³-hybridized carbons (Fsp3) is 0.360. The molecule has 0 spiro atoms. The van der Waals surface area contributed by atoms with E-state index in [9.17, 15) is 19.2 Å². The van der Waals surface area contributed by atoms with E-state index in [4.69, 9.17) is 4.74 Å². The highest BCUT2D eigenvalue weighted by atomic mass is 16.5. The average Bonchev–Trinajstić information content (AvgIpc) is 3.19. The number of likely N-dealkylation sites (tertiary alicyclic amines) is 1. The molecule has 0 unspecified atom stereocenters. The van der Waals surface area contributed by atoms with Gasteiger partial charge in [-0.1, -0.05) is 19.4 Å². The van der Waals surface area contributed by atoms with Gasteiger partial charge in [0.25, 0.3) is 5.91 Å². The number of carbonyl (C=O) groups excluding carboxylic acids is 4. The summed E-state index contributed by atoms with van der Waals surface area (Å²) < 4.78 is 4.98. The van der Waals surface area contributed by atoms with Crippen LogP contribution in [-0.4, -0.2) is 48.3 Å². The van der Waals surface area contributed by atoms with E-state index in [1.807, 2.05) is 0 Å². The second kappa shape index (κ2) is 11.3. The SMILES string of the molecule is CCCCN1C[C@H](C(=O)Nc2ccc(C(=O)Nc3cccc(C(=O)OCC)c3)cc2)CC1=O. The molecule has 0 aliphatic carbocycles. The monoisotopic (exact) mass is 451 g/mol. The van der Waals surface area contributed by atoms with Crippen LogP contribution in [0.15, 0.2) is 48.5 Å². The average molecular weight is 452 g/mol. The number of ether oxygens (including phenoxy) is 1. The minimum Gasteiger partial charge on any atom is -0.462 e. The van der Waals surface area contributed by atoms with Gasteiger partial charge in [0.2, 0.25) is 11.8 Å². The van der Waals surface area contributed by atoms with Gasteiger partial charge in [-0.2, -0.15) is 0 Å². The number of nitrogens with one attached hydrogen (secondary N) is 2. The minimum atomic E-state index is -0.453. The Kier molecular flexibility index (Phi) is 8.18. The number of anilines is 2. The van der Waals surface area contributed by atoms with Crippen molar-refractivity contribution in [2.45, 2.75) is 33.1 Å². The van der Waals surface area contributed by atoms with Crippen molar-refractivity contribution in [3.63, 3.8) is 0 Å². The highest BCUT2D eigenvalue weighted by Crippen LogP contribution is 2.21. The van der Waals surface area contributed by atoms with Crippen LogP contribution in [0.25, 0.3) is 0 Å². The Hall–Kier alpha value is -3.68. The first kappa shape index (κ1) is 24.0. The van der Waals surface area contributed by atoms with Crippen LogP contribution < -0.4 is 10.6 Å². The van der Waals surface area contributed by atoms with E-state index in [1.54, 1.807) is 60.4 Å². The second-order valence-corrected chi connectivity index (χ2v) is 7.92. The number of rotatable bonds is 9.